The monoisotopic (exact) mass is 687 g/mol. The maximum Gasteiger partial charge on any atom is 0.121 e. The lowest BCUT2D eigenvalue weighted by molar-refractivity contribution is -0.946. The fourth-order valence-corrected chi connectivity index (χ4v) is 8.82. The van der Waals surface area contributed by atoms with Crippen molar-refractivity contribution in [2.75, 3.05) is 45.9 Å². The Bertz CT molecular complexity index is 1500. The molecule has 3 aromatic carbocycles. The topological polar surface area (TPSA) is 111 Å². The van der Waals surface area contributed by atoms with Gasteiger partial charge in [0.15, 0.2) is 0 Å². The van der Waals surface area contributed by atoms with Crippen molar-refractivity contribution in [2.45, 2.75) is 95.2 Å². The van der Waals surface area contributed by atoms with Crippen molar-refractivity contribution in [1.29, 1.82) is 0 Å². The lowest BCUT2D eigenvalue weighted by atomic mass is 9.80. The zero-order valence-electron chi connectivity index (χ0n) is 30.1. The number of β-amino-alcohol motifs (C(OH)–C–C–N with tert-alkyl or cyclic N) is 1. The lowest BCUT2D eigenvalue weighted by Gasteiger charge is -2.53. The summed E-state index contributed by atoms with van der Waals surface area (Å²) in [6, 6.07) is 23.4. The Kier molecular flexibility index (Phi) is 11.9. The third kappa shape index (κ3) is 8.90. The summed E-state index contributed by atoms with van der Waals surface area (Å²) < 4.78 is 14.0. The van der Waals surface area contributed by atoms with Crippen LogP contribution in [0.15, 0.2) is 72.8 Å². The number of piperidine rings is 3. The van der Waals surface area contributed by atoms with E-state index in [4.69, 9.17) is 9.47 Å². The quantitative estimate of drug-likeness (QED) is 0.0875. The van der Waals surface area contributed by atoms with Crippen molar-refractivity contribution in [2.24, 2.45) is 11.8 Å². The Morgan fingerprint density at radius 2 is 1.66 bits per heavy atom. The number of fused-ring (bicyclic) bond motifs is 3. The number of aliphatic hydroxyl groups is 3. The molecule has 3 aliphatic heterocycles. The lowest BCUT2D eigenvalue weighted by Crippen LogP contribution is -2.65. The molecule has 0 aromatic heterocycles. The first-order valence-corrected chi connectivity index (χ1v) is 18.9. The third-order valence-electron chi connectivity index (χ3n) is 11.9. The van der Waals surface area contributed by atoms with Crippen LogP contribution in [0.4, 0.5) is 0 Å². The highest BCUT2D eigenvalue weighted by Crippen LogP contribution is 2.42. The standard InChI is InChI=1S/C42H58N2O6/c1-41(2,43-27-39(47)33-15-18-38(46)34(25-33)29-45)26-31-13-16-37(17-14-31)49-24-8-21-44-22-19-32(20-23-44)40(28-44)50-30-42(48,36-11-6-7-12-36)35-9-4-3-5-10-35/h3-5,9-10,13-18,25,32,36,39-40,43,45,47-48H,6-8,11-12,19-24,26-30H2,1-2H3/p+1/t32?,39-,40-,42+,44?/m0/s1. The van der Waals surface area contributed by atoms with E-state index in [0.717, 1.165) is 54.6 Å². The Balaban J connectivity index is 0.945. The molecule has 3 saturated heterocycles. The summed E-state index contributed by atoms with van der Waals surface area (Å²) in [5.41, 5.74) is 2.09. The Morgan fingerprint density at radius 1 is 0.940 bits per heavy atom. The summed E-state index contributed by atoms with van der Waals surface area (Å²) in [5.74, 6) is 1.77. The molecule has 3 atom stereocenters. The number of quaternary nitrogens is 1. The van der Waals surface area contributed by atoms with Crippen LogP contribution in [0.5, 0.6) is 11.5 Å². The smallest absolute Gasteiger partial charge is 0.121 e. The van der Waals surface area contributed by atoms with Gasteiger partial charge in [-0.15, -0.1) is 0 Å². The van der Waals surface area contributed by atoms with Crippen LogP contribution in [0.3, 0.4) is 0 Å². The maximum atomic E-state index is 12.0. The summed E-state index contributed by atoms with van der Waals surface area (Å²) in [7, 11) is 0. The number of benzene rings is 3. The van der Waals surface area contributed by atoms with Crippen molar-refractivity contribution in [3.05, 3.63) is 95.1 Å². The molecule has 0 radical (unpaired) electrons. The summed E-state index contributed by atoms with van der Waals surface area (Å²) in [6.45, 7) is 9.94. The second-order valence-corrected chi connectivity index (χ2v) is 16.0. The molecule has 0 spiro atoms. The van der Waals surface area contributed by atoms with Crippen LogP contribution in [-0.4, -0.2) is 82.5 Å². The van der Waals surface area contributed by atoms with Crippen molar-refractivity contribution < 1.29 is 34.4 Å². The molecule has 0 unspecified atom stereocenters. The van der Waals surface area contributed by atoms with Gasteiger partial charge in [0.05, 0.1) is 45.6 Å². The first-order valence-electron chi connectivity index (χ1n) is 18.9. The molecule has 2 bridgehead atoms. The van der Waals surface area contributed by atoms with Gasteiger partial charge in [0.1, 0.15) is 29.7 Å². The van der Waals surface area contributed by atoms with Crippen LogP contribution in [0.2, 0.25) is 0 Å². The predicted octanol–water partition coefficient (Wildman–Crippen LogP) is 6.00. The number of nitrogens with zero attached hydrogens (tertiary/aromatic N) is 1. The highest BCUT2D eigenvalue weighted by Gasteiger charge is 2.48. The molecule has 1 saturated carbocycles. The van der Waals surface area contributed by atoms with E-state index in [9.17, 15) is 20.4 Å². The van der Waals surface area contributed by atoms with Crippen molar-refractivity contribution >= 4 is 0 Å². The van der Waals surface area contributed by atoms with Crippen LogP contribution in [-0.2, 0) is 23.4 Å². The van der Waals surface area contributed by atoms with E-state index in [0.29, 0.717) is 36.8 Å². The largest absolute Gasteiger partial charge is 0.508 e. The first kappa shape index (κ1) is 36.8. The number of ether oxygens (including phenoxy) is 2. The SMILES string of the molecule is CC(C)(Cc1ccc(OCCC[N+]23CCC(CC2)[C@@H](OC[C@@](O)(c2ccccc2)C2CCCC2)C3)cc1)NC[C@H](O)c1ccc(O)c(CO)c1. The van der Waals surface area contributed by atoms with E-state index in [1.54, 1.807) is 12.1 Å². The molecular formula is C42H59N2O6+. The molecule has 4 aliphatic rings. The maximum absolute atomic E-state index is 12.0. The molecule has 50 heavy (non-hydrogen) atoms. The Hall–Kier alpha value is -2.98. The number of hydrogen-bond donors (Lipinski definition) is 5. The highest BCUT2D eigenvalue weighted by molar-refractivity contribution is 5.36. The van der Waals surface area contributed by atoms with E-state index in [1.165, 1.54) is 50.4 Å². The van der Waals surface area contributed by atoms with E-state index in [-0.39, 0.29) is 29.9 Å². The molecule has 7 rings (SSSR count). The minimum Gasteiger partial charge on any atom is -0.508 e. The minimum absolute atomic E-state index is 0.0299. The van der Waals surface area contributed by atoms with Crippen LogP contribution >= 0.6 is 0 Å². The first-order chi connectivity index (χ1) is 24.1. The van der Waals surface area contributed by atoms with E-state index in [1.807, 2.05) is 30.3 Å². The summed E-state index contributed by atoms with van der Waals surface area (Å²) >= 11 is 0. The zero-order chi connectivity index (χ0) is 35.2. The van der Waals surface area contributed by atoms with E-state index < -0.39 is 11.7 Å². The Morgan fingerprint density at radius 3 is 2.36 bits per heavy atom. The van der Waals surface area contributed by atoms with Crippen molar-refractivity contribution in [3.63, 3.8) is 0 Å². The molecule has 4 fully saturated rings. The molecule has 3 heterocycles. The fraction of sp³-hybridized carbons (Fsp3) is 0.571. The van der Waals surface area contributed by atoms with Gasteiger partial charge in [-0.1, -0.05) is 61.4 Å². The van der Waals surface area contributed by atoms with E-state index in [2.05, 4.69) is 43.4 Å². The highest BCUT2D eigenvalue weighted by atomic mass is 16.5. The van der Waals surface area contributed by atoms with Crippen LogP contribution < -0.4 is 10.1 Å². The number of hydrogen-bond acceptors (Lipinski definition) is 7. The van der Waals surface area contributed by atoms with Crippen molar-refractivity contribution in [1.82, 2.24) is 5.32 Å². The van der Waals surface area contributed by atoms with Gasteiger partial charge in [0.2, 0.25) is 0 Å². The van der Waals surface area contributed by atoms with Gasteiger partial charge in [-0.2, -0.15) is 0 Å². The minimum atomic E-state index is -0.909. The normalized spacial score (nSPS) is 24.3. The van der Waals surface area contributed by atoms with Gasteiger partial charge < -0.3 is 39.7 Å². The summed E-state index contributed by atoms with van der Waals surface area (Å²) in [6.07, 6.45) is 8.16. The second-order valence-electron chi connectivity index (χ2n) is 16.0. The molecule has 8 nitrogen and oxygen atoms in total. The average Bonchev–Trinajstić information content (AvgIpc) is 3.69. The van der Waals surface area contributed by atoms with Gasteiger partial charge in [0.25, 0.3) is 0 Å². The molecule has 1 aliphatic carbocycles. The third-order valence-corrected chi connectivity index (χ3v) is 11.9. The van der Waals surface area contributed by atoms with Gasteiger partial charge in [-0.3, -0.25) is 0 Å². The predicted molar refractivity (Wildman–Crippen MR) is 196 cm³/mol. The molecule has 5 N–H and O–H groups in total. The van der Waals surface area contributed by atoms with E-state index >= 15 is 0 Å². The number of aliphatic hydroxyl groups excluding tert-OH is 2. The zero-order valence-corrected chi connectivity index (χ0v) is 30.1. The Labute approximate surface area is 298 Å². The number of aromatic hydroxyl groups is 1. The molecule has 3 aromatic rings. The number of phenols is 1. The molecular weight excluding hydrogens is 628 g/mol. The second kappa shape index (κ2) is 16.1. The van der Waals surface area contributed by atoms with Crippen LogP contribution in [0, 0.1) is 11.8 Å². The molecule has 8 heteroatoms. The van der Waals surface area contributed by atoms with Gasteiger partial charge >= 0.3 is 0 Å². The van der Waals surface area contributed by atoms with Crippen LogP contribution in [0.1, 0.15) is 87.2 Å². The van der Waals surface area contributed by atoms with Gasteiger partial charge in [0, 0.05) is 42.8 Å². The van der Waals surface area contributed by atoms with Gasteiger partial charge in [-0.05, 0) is 80.0 Å². The summed E-state index contributed by atoms with van der Waals surface area (Å²) in [5, 5.41) is 45.4. The number of rotatable bonds is 17. The fourth-order valence-electron chi connectivity index (χ4n) is 8.82. The molecule has 0 amide bonds. The average molecular weight is 688 g/mol. The van der Waals surface area contributed by atoms with Crippen molar-refractivity contribution in [3.8, 4) is 11.5 Å². The number of nitrogens with one attached hydrogen (secondary N) is 1. The molecule has 272 valence electrons. The summed E-state index contributed by atoms with van der Waals surface area (Å²) in [4.78, 5) is 0. The van der Waals surface area contributed by atoms with Crippen LogP contribution in [0.25, 0.3) is 0 Å². The van der Waals surface area contributed by atoms with Gasteiger partial charge in [-0.25, -0.2) is 0 Å².